The number of hydrogen-bond acceptors (Lipinski definition) is 1. The summed E-state index contributed by atoms with van der Waals surface area (Å²) in [6.07, 6.45) is 8.58. The number of aryl methyl sites for hydroxylation is 1. The van der Waals surface area contributed by atoms with E-state index in [2.05, 4.69) is 103 Å². The predicted octanol–water partition coefficient (Wildman–Crippen LogP) is 6.94. The molecule has 2 nitrogen and oxygen atoms in total. The van der Waals surface area contributed by atoms with Gasteiger partial charge >= 0.3 is 0 Å². The van der Waals surface area contributed by atoms with Crippen LogP contribution in [0.1, 0.15) is 68.3 Å². The van der Waals surface area contributed by atoms with Gasteiger partial charge in [-0.3, -0.25) is 0 Å². The van der Waals surface area contributed by atoms with Crippen LogP contribution in [0.25, 0.3) is 16.6 Å². The average molecular weight is 507 g/mol. The predicted molar refractivity (Wildman–Crippen MR) is 164 cm³/mol. The molecule has 3 heterocycles. The molecule has 1 atom stereocenters. The van der Waals surface area contributed by atoms with Crippen molar-refractivity contribution in [3.8, 4) is 17.2 Å². The van der Waals surface area contributed by atoms with Gasteiger partial charge in [0.15, 0.2) is 0 Å². The zero-order valence-electron chi connectivity index (χ0n) is 23.0. The normalized spacial score (nSPS) is 19.3. The van der Waals surface area contributed by atoms with Crippen molar-refractivity contribution in [1.82, 2.24) is 4.57 Å². The Morgan fingerprint density at radius 2 is 1.56 bits per heavy atom. The maximum atomic E-state index is 6.80. The van der Waals surface area contributed by atoms with Gasteiger partial charge in [0.05, 0.1) is 5.52 Å². The average Bonchev–Trinajstić information content (AvgIpc) is 3.26. The summed E-state index contributed by atoms with van der Waals surface area (Å²) in [4.78, 5) is 0. The highest BCUT2D eigenvalue weighted by Gasteiger charge is 2.45. The maximum absolute atomic E-state index is 6.80. The van der Waals surface area contributed by atoms with E-state index in [0.717, 1.165) is 24.3 Å². The van der Waals surface area contributed by atoms with Gasteiger partial charge in [0.2, 0.25) is 0 Å². The van der Waals surface area contributed by atoms with Crippen molar-refractivity contribution in [2.45, 2.75) is 64.2 Å². The van der Waals surface area contributed by atoms with Crippen LogP contribution in [-0.4, -0.2) is 11.3 Å². The summed E-state index contributed by atoms with van der Waals surface area (Å²) in [5.74, 6) is 2.01. The topological polar surface area (TPSA) is 14.2 Å². The molecule has 3 heteroatoms. The van der Waals surface area contributed by atoms with Gasteiger partial charge in [0.25, 0.3) is 6.71 Å². The number of benzene rings is 4. The summed E-state index contributed by atoms with van der Waals surface area (Å²) in [5.41, 5.74) is 12.5. The lowest BCUT2D eigenvalue weighted by atomic mass is 9.30. The molecule has 39 heavy (non-hydrogen) atoms. The molecule has 0 fully saturated rings. The zero-order valence-corrected chi connectivity index (χ0v) is 23.0. The number of ether oxygens (including phenoxy) is 1. The van der Waals surface area contributed by atoms with E-state index >= 15 is 0 Å². The van der Waals surface area contributed by atoms with Crippen LogP contribution in [0.2, 0.25) is 0 Å². The quantitative estimate of drug-likeness (QED) is 0.232. The number of hydrogen-bond donors (Lipinski definition) is 0. The van der Waals surface area contributed by atoms with E-state index in [-0.39, 0.29) is 12.1 Å². The molecule has 2 aliphatic heterocycles. The lowest BCUT2D eigenvalue weighted by molar-refractivity contribution is 0.481. The fourth-order valence-corrected chi connectivity index (χ4v) is 7.92. The first-order valence-corrected chi connectivity index (χ1v) is 14.8. The molecule has 5 aromatic rings. The van der Waals surface area contributed by atoms with Gasteiger partial charge in [-0.05, 0) is 77.9 Å². The lowest BCUT2D eigenvalue weighted by Crippen LogP contribution is -2.62. The molecule has 3 aliphatic rings. The van der Waals surface area contributed by atoms with Gasteiger partial charge in [-0.2, -0.15) is 0 Å². The Morgan fingerprint density at radius 1 is 0.769 bits per heavy atom. The maximum Gasteiger partial charge on any atom is 0.251 e. The molecule has 192 valence electrons. The van der Waals surface area contributed by atoms with E-state index < -0.39 is 0 Å². The molecule has 4 aromatic carbocycles. The van der Waals surface area contributed by atoms with Crippen molar-refractivity contribution in [2.75, 3.05) is 0 Å². The van der Waals surface area contributed by atoms with Gasteiger partial charge in [-0.25, -0.2) is 0 Å². The van der Waals surface area contributed by atoms with Gasteiger partial charge in [-0.15, -0.1) is 0 Å². The van der Waals surface area contributed by atoms with Crippen molar-refractivity contribution in [3.05, 3.63) is 107 Å². The van der Waals surface area contributed by atoms with Gasteiger partial charge in [-0.1, -0.05) is 92.8 Å². The van der Waals surface area contributed by atoms with E-state index in [4.69, 9.17) is 4.74 Å². The van der Waals surface area contributed by atoms with Crippen LogP contribution in [0.3, 0.4) is 0 Å². The molecular formula is C36H34BNO. The zero-order chi connectivity index (χ0) is 26.1. The Hall–Kier alpha value is -3.72. The Kier molecular flexibility index (Phi) is 5.14. The van der Waals surface area contributed by atoms with E-state index in [1.807, 2.05) is 0 Å². The molecule has 0 radical (unpaired) electrons. The Labute approximate surface area is 231 Å². The van der Waals surface area contributed by atoms with E-state index in [9.17, 15) is 0 Å². The van der Waals surface area contributed by atoms with Crippen molar-refractivity contribution >= 4 is 34.0 Å². The number of fused-ring (bicyclic) bond motifs is 7. The first-order valence-electron chi connectivity index (χ1n) is 14.8. The molecule has 8 rings (SSSR count). The molecular weight excluding hydrogens is 473 g/mol. The minimum absolute atomic E-state index is 0.0143. The Balaban J connectivity index is 1.34. The van der Waals surface area contributed by atoms with E-state index in [0.29, 0.717) is 0 Å². The first-order chi connectivity index (χ1) is 19.2. The standard InChI is InChI=1S/C36H34BNO/c1-3-36(2)27-15-9-10-17-29(27)37-30-22-21-24(23-34(30)39-33-20-12-16-28(36)35(33)37)38-31-18-7-5-4-6-13-25(31)26-14-8-11-19-32(26)38/h8-12,14-17,19-23H,3-7,13,18H2,1-2H3. The number of nitrogens with zero attached hydrogens (tertiary/aromatic N) is 1. The van der Waals surface area contributed by atoms with Gasteiger partial charge in [0, 0.05) is 28.2 Å². The molecule has 1 unspecified atom stereocenters. The van der Waals surface area contributed by atoms with E-state index in [1.54, 1.807) is 5.56 Å². The highest BCUT2D eigenvalue weighted by atomic mass is 16.5. The summed E-state index contributed by atoms with van der Waals surface area (Å²) in [5, 5.41) is 1.42. The molecule has 0 saturated heterocycles. The van der Waals surface area contributed by atoms with Crippen LogP contribution in [0, 0.1) is 0 Å². The van der Waals surface area contributed by atoms with Crippen LogP contribution in [-0.2, 0) is 18.3 Å². The molecule has 1 aliphatic carbocycles. The molecule has 0 N–H and O–H groups in total. The minimum Gasteiger partial charge on any atom is -0.458 e. The second-order valence-corrected chi connectivity index (χ2v) is 11.9. The third-order valence-corrected chi connectivity index (χ3v) is 9.99. The summed E-state index contributed by atoms with van der Waals surface area (Å²) in [6, 6.07) is 31.8. The molecule has 0 amide bonds. The Morgan fingerprint density at radius 3 is 2.46 bits per heavy atom. The molecule has 0 saturated carbocycles. The van der Waals surface area contributed by atoms with Crippen LogP contribution in [0.4, 0.5) is 0 Å². The highest BCUT2D eigenvalue weighted by Crippen LogP contribution is 2.41. The van der Waals surface area contributed by atoms with E-state index in [1.165, 1.54) is 81.9 Å². The lowest BCUT2D eigenvalue weighted by Gasteiger charge is -2.43. The Bertz CT molecular complexity index is 1760. The van der Waals surface area contributed by atoms with Crippen molar-refractivity contribution in [3.63, 3.8) is 0 Å². The first kappa shape index (κ1) is 23.2. The number of aromatic nitrogens is 1. The third kappa shape index (κ3) is 3.22. The second-order valence-electron chi connectivity index (χ2n) is 11.9. The third-order valence-electron chi connectivity index (χ3n) is 9.99. The molecule has 0 bridgehead atoms. The summed E-state index contributed by atoms with van der Waals surface area (Å²) in [6.45, 7) is 4.92. The largest absolute Gasteiger partial charge is 0.458 e. The number of para-hydroxylation sites is 1. The van der Waals surface area contributed by atoms with Crippen LogP contribution >= 0.6 is 0 Å². The fraction of sp³-hybridized carbons (Fsp3) is 0.278. The van der Waals surface area contributed by atoms with Crippen molar-refractivity contribution in [1.29, 1.82) is 0 Å². The van der Waals surface area contributed by atoms with Crippen molar-refractivity contribution < 1.29 is 4.74 Å². The van der Waals surface area contributed by atoms with Crippen LogP contribution < -0.4 is 21.1 Å². The number of rotatable bonds is 2. The van der Waals surface area contributed by atoms with Crippen molar-refractivity contribution in [2.24, 2.45) is 0 Å². The summed E-state index contributed by atoms with van der Waals surface area (Å²) in [7, 11) is 0. The summed E-state index contributed by atoms with van der Waals surface area (Å²) >= 11 is 0. The SMILES string of the molecule is CCC1(C)c2ccccc2B2c3ccc(-n4c5c(c6ccccc64)CCCCCC5)cc3Oc3cccc1c32. The van der Waals surface area contributed by atoms with Gasteiger partial charge < -0.3 is 9.30 Å². The fourth-order valence-electron chi connectivity index (χ4n) is 7.92. The summed E-state index contributed by atoms with van der Waals surface area (Å²) < 4.78 is 9.34. The van der Waals surface area contributed by atoms with Gasteiger partial charge in [0.1, 0.15) is 11.5 Å². The molecule has 0 spiro atoms. The minimum atomic E-state index is -0.0143. The smallest absolute Gasteiger partial charge is 0.251 e. The van der Waals surface area contributed by atoms with Crippen LogP contribution in [0.5, 0.6) is 11.5 Å². The van der Waals surface area contributed by atoms with Crippen LogP contribution in [0.15, 0.2) is 84.9 Å². The molecule has 1 aromatic heterocycles. The second kappa shape index (κ2) is 8.65. The monoisotopic (exact) mass is 507 g/mol. The highest BCUT2D eigenvalue weighted by molar-refractivity contribution is 6.98.